The Kier molecular flexibility index (Phi) is 14.3. The van der Waals surface area contributed by atoms with E-state index in [1.54, 1.807) is 0 Å². The molecule has 0 amide bonds. The van der Waals surface area contributed by atoms with E-state index in [1.165, 1.54) is 13.8 Å². The molecule has 0 spiro atoms. The molecular formula is C8H12O6Pd. The molecule has 0 saturated heterocycles. The van der Waals surface area contributed by atoms with Gasteiger partial charge in [-0.25, -0.2) is 0 Å². The number of carbonyl (C=O) groups is 4. The van der Waals surface area contributed by atoms with Crippen molar-refractivity contribution in [3.63, 3.8) is 0 Å². The normalized spacial score (nSPS) is 7.60. The third-order valence-corrected chi connectivity index (χ3v) is 0.800. The number of rotatable bonds is 4. The van der Waals surface area contributed by atoms with Crippen molar-refractivity contribution >= 4 is 23.5 Å². The number of hydrogen-bond donors (Lipinski definition) is 2. The van der Waals surface area contributed by atoms with Gasteiger partial charge in [0, 0.05) is 20.4 Å². The van der Waals surface area contributed by atoms with Gasteiger partial charge in [0.15, 0.2) is 0 Å². The van der Waals surface area contributed by atoms with E-state index in [0.717, 1.165) is 0 Å². The molecule has 15 heavy (non-hydrogen) atoms. The second kappa shape index (κ2) is 11.0. The van der Waals surface area contributed by atoms with Crippen LogP contribution in [0.5, 0.6) is 0 Å². The molecule has 0 saturated carbocycles. The van der Waals surface area contributed by atoms with E-state index in [-0.39, 0.29) is 44.8 Å². The molecule has 0 bridgehead atoms. The summed E-state index contributed by atoms with van der Waals surface area (Å²) in [4.78, 5) is 38.9. The molecule has 6 nitrogen and oxygen atoms in total. The summed E-state index contributed by atoms with van der Waals surface area (Å²) in [5.74, 6) is -2.75. The Hall–Kier alpha value is -1.06. The van der Waals surface area contributed by atoms with E-state index < -0.39 is 11.9 Å². The number of carboxylic acids is 2. The van der Waals surface area contributed by atoms with Crippen molar-refractivity contribution in [1.29, 1.82) is 0 Å². The predicted molar refractivity (Wildman–Crippen MR) is 45.9 cm³/mol. The first-order valence-corrected chi connectivity index (χ1v) is 3.68. The molecule has 0 aliphatic heterocycles. The fraction of sp³-hybridized carbons (Fsp3) is 0.500. The molecule has 7 heteroatoms. The van der Waals surface area contributed by atoms with E-state index in [9.17, 15) is 19.2 Å². The fourth-order valence-corrected chi connectivity index (χ4v) is 0.426. The van der Waals surface area contributed by atoms with Crippen molar-refractivity contribution in [2.45, 2.75) is 26.7 Å². The van der Waals surface area contributed by atoms with Gasteiger partial charge in [0.25, 0.3) is 0 Å². The van der Waals surface area contributed by atoms with E-state index in [2.05, 4.69) is 0 Å². The van der Waals surface area contributed by atoms with Gasteiger partial charge in [-0.15, -0.1) is 0 Å². The van der Waals surface area contributed by atoms with E-state index in [0.29, 0.717) is 0 Å². The second-order valence-electron chi connectivity index (χ2n) is 2.55. The van der Waals surface area contributed by atoms with Crippen molar-refractivity contribution in [2.75, 3.05) is 0 Å². The van der Waals surface area contributed by atoms with Crippen LogP contribution in [0.3, 0.4) is 0 Å². The van der Waals surface area contributed by atoms with E-state index in [1.807, 2.05) is 0 Å². The van der Waals surface area contributed by atoms with Crippen LogP contribution in [0.15, 0.2) is 0 Å². The van der Waals surface area contributed by atoms with Crippen molar-refractivity contribution in [1.82, 2.24) is 0 Å². The average molecular weight is 311 g/mol. The van der Waals surface area contributed by atoms with Crippen LogP contribution < -0.4 is 0 Å². The molecular weight excluding hydrogens is 299 g/mol. The maximum Gasteiger partial charge on any atom is 0.310 e. The van der Waals surface area contributed by atoms with Gasteiger partial charge >= 0.3 is 11.9 Å². The van der Waals surface area contributed by atoms with Gasteiger partial charge in [-0.3, -0.25) is 19.2 Å². The summed E-state index contributed by atoms with van der Waals surface area (Å²) in [7, 11) is 0. The van der Waals surface area contributed by atoms with Crippen LogP contribution in [-0.4, -0.2) is 33.7 Å². The Bertz CT molecular complexity index is 198. The van der Waals surface area contributed by atoms with Gasteiger partial charge in [0.2, 0.25) is 0 Å². The fourth-order valence-electron chi connectivity index (χ4n) is 0.426. The van der Waals surface area contributed by atoms with E-state index in [4.69, 9.17) is 10.2 Å². The minimum absolute atomic E-state index is 0. The number of aliphatic carboxylic acids is 2. The smallest absolute Gasteiger partial charge is 0.310 e. The Balaban J connectivity index is -0.000000180. The molecule has 0 rings (SSSR count). The van der Waals surface area contributed by atoms with Gasteiger partial charge in [-0.1, -0.05) is 0 Å². The Morgan fingerprint density at radius 3 is 1.00 bits per heavy atom. The average Bonchev–Trinajstić information content (AvgIpc) is 1.79. The summed E-state index contributed by atoms with van der Waals surface area (Å²) in [5, 5.41) is 15.7. The van der Waals surface area contributed by atoms with Gasteiger partial charge in [0.1, 0.15) is 24.4 Å². The van der Waals surface area contributed by atoms with Crippen molar-refractivity contribution < 1.29 is 49.8 Å². The third kappa shape index (κ3) is 32.2. The number of ketones is 2. The first kappa shape index (κ1) is 19.5. The molecule has 0 radical (unpaired) electrons. The summed E-state index contributed by atoms with van der Waals surface area (Å²) in [6.07, 6.45) is -0.722. The number of carbonyl (C=O) groups excluding carboxylic acids is 2. The van der Waals surface area contributed by atoms with Crippen LogP contribution in [0.4, 0.5) is 0 Å². The first-order chi connectivity index (χ1) is 6.25. The zero-order valence-corrected chi connectivity index (χ0v) is 9.81. The SMILES string of the molecule is CC(=O)CC(=O)O.CC(=O)CC(=O)O.[Pd]. The number of hydrogen-bond acceptors (Lipinski definition) is 4. The second-order valence-corrected chi connectivity index (χ2v) is 2.55. The van der Waals surface area contributed by atoms with Gasteiger partial charge < -0.3 is 10.2 Å². The molecule has 90 valence electrons. The molecule has 0 unspecified atom stereocenters. The molecule has 0 aromatic rings. The molecule has 0 atom stereocenters. The zero-order chi connectivity index (χ0) is 11.7. The molecule has 0 aromatic heterocycles. The van der Waals surface area contributed by atoms with Crippen molar-refractivity contribution in [3.8, 4) is 0 Å². The minimum atomic E-state index is -1.06. The Morgan fingerprint density at radius 2 is 1.00 bits per heavy atom. The van der Waals surface area contributed by atoms with Crippen LogP contribution in [0.1, 0.15) is 26.7 Å². The van der Waals surface area contributed by atoms with Crippen LogP contribution in [0.25, 0.3) is 0 Å². The summed E-state index contributed by atoms with van der Waals surface area (Å²) in [5.41, 5.74) is 0. The topological polar surface area (TPSA) is 109 Å². The van der Waals surface area contributed by atoms with Crippen LogP contribution in [0, 0.1) is 0 Å². The minimum Gasteiger partial charge on any atom is -0.481 e. The zero-order valence-electron chi connectivity index (χ0n) is 8.26. The van der Waals surface area contributed by atoms with Gasteiger partial charge in [-0.2, -0.15) is 0 Å². The Morgan fingerprint density at radius 1 is 0.800 bits per heavy atom. The Labute approximate surface area is 100 Å². The maximum absolute atomic E-state index is 9.87. The standard InChI is InChI=1S/2C4H6O3.Pd/c2*1-3(5)2-4(6)7;/h2*2H2,1H3,(H,6,7);. The summed E-state index contributed by atoms with van der Waals surface area (Å²) < 4.78 is 0. The molecule has 0 fully saturated rings. The molecule has 0 aliphatic carbocycles. The molecule has 0 aliphatic rings. The maximum atomic E-state index is 9.87. The molecule has 0 aromatic carbocycles. The largest absolute Gasteiger partial charge is 0.481 e. The monoisotopic (exact) mass is 310 g/mol. The number of carboxylic acid groups (broad SMARTS) is 2. The molecule has 2 N–H and O–H groups in total. The van der Waals surface area contributed by atoms with Gasteiger partial charge in [-0.05, 0) is 13.8 Å². The quantitative estimate of drug-likeness (QED) is 0.563. The number of Topliss-reactive ketones (excluding diaryl/α,β-unsaturated/α-hetero) is 2. The summed E-state index contributed by atoms with van der Waals surface area (Å²) >= 11 is 0. The summed E-state index contributed by atoms with van der Waals surface area (Å²) in [6, 6.07) is 0. The van der Waals surface area contributed by atoms with Crippen molar-refractivity contribution in [2.24, 2.45) is 0 Å². The van der Waals surface area contributed by atoms with E-state index >= 15 is 0 Å². The van der Waals surface area contributed by atoms with Crippen LogP contribution >= 0.6 is 0 Å². The van der Waals surface area contributed by atoms with Gasteiger partial charge in [0.05, 0.1) is 0 Å². The van der Waals surface area contributed by atoms with Crippen LogP contribution in [-0.2, 0) is 39.6 Å². The van der Waals surface area contributed by atoms with Crippen LogP contribution in [0.2, 0.25) is 0 Å². The predicted octanol–water partition coefficient (Wildman–Crippen LogP) is 0.0977. The van der Waals surface area contributed by atoms with Crippen molar-refractivity contribution in [3.05, 3.63) is 0 Å². The summed E-state index contributed by atoms with van der Waals surface area (Å²) in [6.45, 7) is 2.49. The first-order valence-electron chi connectivity index (χ1n) is 3.68. The molecule has 0 heterocycles. The third-order valence-electron chi connectivity index (χ3n) is 0.800.